The van der Waals surface area contributed by atoms with Crippen molar-refractivity contribution in [2.24, 2.45) is 0 Å². The Morgan fingerprint density at radius 1 is 1.04 bits per heavy atom. The largest absolute Gasteiger partial charge is 0.497 e. The summed E-state index contributed by atoms with van der Waals surface area (Å²) >= 11 is 0. The van der Waals surface area contributed by atoms with Gasteiger partial charge in [-0.1, -0.05) is 0 Å². The molecule has 1 saturated carbocycles. The van der Waals surface area contributed by atoms with Gasteiger partial charge in [-0.25, -0.2) is 0 Å². The minimum absolute atomic E-state index is 0.0806. The number of carbonyl (C=O) groups excluding carboxylic acids is 2. The second-order valence-electron chi connectivity index (χ2n) is 7.19. The Balaban J connectivity index is 1.37. The smallest absolute Gasteiger partial charge is 0.255 e. The van der Waals surface area contributed by atoms with Crippen LogP contribution in [0.4, 0.5) is 5.69 Å². The van der Waals surface area contributed by atoms with E-state index < -0.39 is 0 Å². The second-order valence-corrected chi connectivity index (χ2v) is 7.19. The van der Waals surface area contributed by atoms with E-state index in [1.165, 1.54) is 12.4 Å². The topological polar surface area (TPSA) is 74.8 Å². The third kappa shape index (κ3) is 4.08. The van der Waals surface area contributed by atoms with Crippen LogP contribution in [0.15, 0.2) is 42.7 Å². The Bertz CT molecular complexity index is 856. The van der Waals surface area contributed by atoms with Gasteiger partial charge < -0.3 is 19.9 Å². The van der Waals surface area contributed by atoms with E-state index in [0.29, 0.717) is 24.2 Å². The predicted octanol–water partition coefficient (Wildman–Crippen LogP) is 1.94. The predicted molar refractivity (Wildman–Crippen MR) is 106 cm³/mol. The Morgan fingerprint density at radius 3 is 2.36 bits per heavy atom. The summed E-state index contributed by atoms with van der Waals surface area (Å²) in [5, 5.41) is 2.93. The van der Waals surface area contributed by atoms with Gasteiger partial charge in [-0.2, -0.15) is 0 Å². The van der Waals surface area contributed by atoms with Gasteiger partial charge in [0.1, 0.15) is 5.75 Å². The first-order valence-corrected chi connectivity index (χ1v) is 9.58. The molecule has 146 valence electrons. The SMILES string of the molecule is COc1ccc(N2CCN(C(=O)c3cncc(C(=O)NC4CC4)c3)CC2)cc1. The normalized spacial score (nSPS) is 16.6. The zero-order valence-corrected chi connectivity index (χ0v) is 15.9. The molecule has 2 aliphatic rings. The molecule has 0 bridgehead atoms. The molecule has 0 unspecified atom stereocenters. The standard InChI is InChI=1S/C21H24N4O3/c1-28-19-6-4-18(5-7-19)24-8-10-25(11-9-24)21(27)16-12-15(13-22-14-16)20(26)23-17-2-3-17/h4-7,12-14,17H,2-3,8-11H2,1H3,(H,23,26). The number of nitrogens with one attached hydrogen (secondary N) is 1. The van der Waals surface area contributed by atoms with Gasteiger partial charge in [-0.15, -0.1) is 0 Å². The quantitative estimate of drug-likeness (QED) is 0.858. The van der Waals surface area contributed by atoms with E-state index in [1.54, 1.807) is 13.2 Å². The number of rotatable bonds is 5. The minimum Gasteiger partial charge on any atom is -0.497 e. The first kappa shape index (κ1) is 18.3. The Hall–Kier alpha value is -3.09. The second kappa shape index (κ2) is 7.88. The van der Waals surface area contributed by atoms with Gasteiger partial charge in [0, 0.05) is 50.3 Å². The van der Waals surface area contributed by atoms with Gasteiger partial charge in [0.2, 0.25) is 0 Å². The Morgan fingerprint density at radius 2 is 1.71 bits per heavy atom. The van der Waals surface area contributed by atoms with Crippen LogP contribution in [0.2, 0.25) is 0 Å². The summed E-state index contributed by atoms with van der Waals surface area (Å²) in [5.41, 5.74) is 2.02. The summed E-state index contributed by atoms with van der Waals surface area (Å²) in [6.07, 6.45) is 5.09. The number of piperazine rings is 1. The van der Waals surface area contributed by atoms with E-state index in [1.807, 2.05) is 29.2 Å². The number of hydrogen-bond acceptors (Lipinski definition) is 5. The maximum Gasteiger partial charge on any atom is 0.255 e. The van der Waals surface area contributed by atoms with Gasteiger partial charge in [-0.05, 0) is 43.2 Å². The van der Waals surface area contributed by atoms with Gasteiger partial charge in [0.05, 0.1) is 18.2 Å². The van der Waals surface area contributed by atoms with Crippen molar-refractivity contribution in [2.75, 3.05) is 38.2 Å². The summed E-state index contributed by atoms with van der Waals surface area (Å²) in [6, 6.07) is 9.86. The zero-order valence-electron chi connectivity index (χ0n) is 15.9. The lowest BCUT2D eigenvalue weighted by atomic mass is 10.1. The van der Waals surface area contributed by atoms with Crippen molar-refractivity contribution in [3.63, 3.8) is 0 Å². The molecule has 1 aromatic heterocycles. The van der Waals surface area contributed by atoms with Crippen LogP contribution in [0.1, 0.15) is 33.6 Å². The van der Waals surface area contributed by atoms with Crippen molar-refractivity contribution in [1.29, 1.82) is 0 Å². The molecule has 2 amide bonds. The average molecular weight is 380 g/mol. The lowest BCUT2D eigenvalue weighted by molar-refractivity contribution is 0.0746. The molecule has 1 N–H and O–H groups in total. The number of aromatic nitrogens is 1. The maximum absolute atomic E-state index is 12.9. The average Bonchev–Trinajstić information content (AvgIpc) is 3.57. The van der Waals surface area contributed by atoms with E-state index in [0.717, 1.165) is 37.4 Å². The Kier molecular flexibility index (Phi) is 5.14. The van der Waals surface area contributed by atoms with Crippen LogP contribution in [0.3, 0.4) is 0 Å². The Labute approximate surface area is 164 Å². The van der Waals surface area contributed by atoms with Crippen LogP contribution >= 0.6 is 0 Å². The molecule has 28 heavy (non-hydrogen) atoms. The molecule has 2 heterocycles. The molecule has 2 aromatic rings. The van der Waals surface area contributed by atoms with Gasteiger partial charge in [0.15, 0.2) is 0 Å². The fourth-order valence-electron chi connectivity index (χ4n) is 3.32. The zero-order chi connectivity index (χ0) is 19.5. The number of ether oxygens (including phenoxy) is 1. The van der Waals surface area contributed by atoms with Gasteiger partial charge in [0.25, 0.3) is 11.8 Å². The molecule has 1 saturated heterocycles. The summed E-state index contributed by atoms with van der Waals surface area (Å²) in [4.78, 5) is 33.2. The van der Waals surface area contributed by atoms with E-state index in [4.69, 9.17) is 4.74 Å². The minimum atomic E-state index is -0.158. The van der Waals surface area contributed by atoms with E-state index in [-0.39, 0.29) is 17.9 Å². The van der Waals surface area contributed by atoms with Crippen LogP contribution in [0.25, 0.3) is 0 Å². The number of anilines is 1. The number of amides is 2. The number of methoxy groups -OCH3 is 1. The maximum atomic E-state index is 12.9. The molecule has 7 nitrogen and oxygen atoms in total. The first-order chi connectivity index (χ1) is 13.6. The molecule has 1 aliphatic heterocycles. The van der Waals surface area contributed by atoms with Crippen LogP contribution < -0.4 is 15.0 Å². The molecule has 1 aromatic carbocycles. The monoisotopic (exact) mass is 380 g/mol. The molecule has 4 rings (SSSR count). The molecule has 2 fully saturated rings. The van der Waals surface area contributed by atoms with Crippen LogP contribution in [0.5, 0.6) is 5.75 Å². The first-order valence-electron chi connectivity index (χ1n) is 9.58. The molecule has 0 atom stereocenters. The number of benzene rings is 1. The summed E-state index contributed by atoms with van der Waals surface area (Å²) in [5.74, 6) is 0.590. The van der Waals surface area contributed by atoms with Crippen molar-refractivity contribution in [3.8, 4) is 5.75 Å². The lowest BCUT2D eigenvalue weighted by Crippen LogP contribution is -2.48. The van der Waals surface area contributed by atoms with Crippen molar-refractivity contribution in [3.05, 3.63) is 53.9 Å². The fraction of sp³-hybridized carbons (Fsp3) is 0.381. The van der Waals surface area contributed by atoms with Crippen molar-refractivity contribution in [1.82, 2.24) is 15.2 Å². The van der Waals surface area contributed by atoms with Gasteiger partial charge >= 0.3 is 0 Å². The summed E-state index contributed by atoms with van der Waals surface area (Å²) < 4.78 is 5.20. The highest BCUT2D eigenvalue weighted by molar-refractivity contribution is 5.99. The number of hydrogen-bond donors (Lipinski definition) is 1. The van der Waals surface area contributed by atoms with Crippen molar-refractivity contribution >= 4 is 17.5 Å². The number of pyridine rings is 1. The van der Waals surface area contributed by atoms with Crippen LogP contribution in [-0.2, 0) is 0 Å². The van der Waals surface area contributed by atoms with E-state index in [9.17, 15) is 9.59 Å². The molecule has 0 radical (unpaired) electrons. The van der Waals surface area contributed by atoms with Gasteiger partial charge in [-0.3, -0.25) is 14.6 Å². The summed E-state index contributed by atoms with van der Waals surface area (Å²) in [6.45, 7) is 2.77. The van der Waals surface area contributed by atoms with Crippen LogP contribution in [-0.4, -0.2) is 61.0 Å². The number of nitrogens with zero attached hydrogens (tertiary/aromatic N) is 3. The molecule has 1 aliphatic carbocycles. The molecule has 0 spiro atoms. The summed E-state index contributed by atoms with van der Waals surface area (Å²) in [7, 11) is 1.65. The van der Waals surface area contributed by atoms with Crippen LogP contribution in [0, 0.1) is 0 Å². The van der Waals surface area contributed by atoms with Crippen molar-refractivity contribution < 1.29 is 14.3 Å². The van der Waals surface area contributed by atoms with E-state index >= 15 is 0 Å². The fourth-order valence-corrected chi connectivity index (χ4v) is 3.32. The third-order valence-electron chi connectivity index (χ3n) is 5.16. The number of carbonyl (C=O) groups is 2. The highest BCUT2D eigenvalue weighted by Gasteiger charge is 2.26. The molecule has 7 heteroatoms. The molecular formula is C21H24N4O3. The molecular weight excluding hydrogens is 356 g/mol. The van der Waals surface area contributed by atoms with Crippen molar-refractivity contribution in [2.45, 2.75) is 18.9 Å². The lowest BCUT2D eigenvalue weighted by Gasteiger charge is -2.36. The highest BCUT2D eigenvalue weighted by Crippen LogP contribution is 2.22. The highest BCUT2D eigenvalue weighted by atomic mass is 16.5. The third-order valence-corrected chi connectivity index (χ3v) is 5.16. The van der Waals surface area contributed by atoms with E-state index in [2.05, 4.69) is 15.2 Å².